The molecule has 1 rings (SSSR count). The first-order valence-electron chi connectivity index (χ1n) is 31.4. The van der Waals surface area contributed by atoms with Crippen molar-refractivity contribution in [1.82, 2.24) is 5.32 Å². The van der Waals surface area contributed by atoms with E-state index in [2.05, 4.69) is 80.8 Å². The lowest BCUT2D eigenvalue weighted by atomic mass is 9.99. The second kappa shape index (κ2) is 54.6. The molecular weight excluding hydrogens is 991 g/mol. The van der Waals surface area contributed by atoms with Crippen molar-refractivity contribution in [2.75, 3.05) is 13.2 Å². The Morgan fingerprint density at radius 3 is 1.48 bits per heavy atom. The molecule has 1 heterocycles. The standard InChI is InChI=1S/C68H113NO10/c1-4-7-10-13-16-19-22-25-26-27-28-29-30-31-32-33-34-35-36-38-41-44-47-50-53-56-63(73)79-66-65(75)64(74)62(57-70)78-68(66)77-58-59(60(71)54-51-48-45-42-40-37-23-20-17-14-11-8-5-2)69-67(76)61(72)55-52-49-46-43-39-24-21-18-15-12-9-6-3/h9,12,15-16,18-19,21,24-26,28-29,31-32,39,43,46,49,51,54,59-62,64-66,68,70-72,74-75H,4-8,10-11,13-14,17,20,22-23,27,30,33-38,40-42,44-45,47-48,50,52-53,55-58H2,1-3H3,(H,69,76)/b12-9+,18-15+,19-16-,24-21-,26-25-,29-28-,32-31-,43-39-,49-46+,54-51+. The van der Waals surface area contributed by atoms with E-state index in [1.165, 1.54) is 103 Å². The van der Waals surface area contributed by atoms with Gasteiger partial charge in [-0.15, -0.1) is 0 Å². The van der Waals surface area contributed by atoms with E-state index in [-0.39, 0.29) is 19.4 Å². The van der Waals surface area contributed by atoms with Crippen molar-refractivity contribution in [3.63, 3.8) is 0 Å². The molecule has 8 atom stereocenters. The lowest BCUT2D eigenvalue weighted by Gasteiger charge is -2.41. The Bertz CT molecular complexity index is 1740. The number of esters is 1. The summed E-state index contributed by atoms with van der Waals surface area (Å²) in [5.41, 5.74) is 0. The summed E-state index contributed by atoms with van der Waals surface area (Å²) in [6, 6.07) is -1.07. The number of allylic oxidation sites excluding steroid dienone is 19. The number of amides is 1. The van der Waals surface area contributed by atoms with Crippen LogP contribution in [-0.2, 0) is 23.8 Å². The van der Waals surface area contributed by atoms with Crippen LogP contribution in [0.15, 0.2) is 122 Å². The van der Waals surface area contributed by atoms with Crippen LogP contribution in [-0.4, -0.2) is 99.6 Å². The van der Waals surface area contributed by atoms with E-state index in [9.17, 15) is 35.1 Å². The number of aliphatic hydroxyl groups is 5. The maximum atomic E-state index is 13.3. The highest BCUT2D eigenvalue weighted by atomic mass is 16.7. The lowest BCUT2D eigenvalue weighted by Crippen LogP contribution is -2.61. The van der Waals surface area contributed by atoms with Crippen LogP contribution in [0.3, 0.4) is 0 Å². The van der Waals surface area contributed by atoms with Gasteiger partial charge in [-0.2, -0.15) is 0 Å². The largest absolute Gasteiger partial charge is 0.454 e. The molecule has 6 N–H and O–H groups in total. The first-order chi connectivity index (χ1) is 38.7. The van der Waals surface area contributed by atoms with Crippen molar-refractivity contribution in [2.24, 2.45) is 0 Å². The molecule has 8 unspecified atom stereocenters. The Morgan fingerprint density at radius 2 is 0.962 bits per heavy atom. The molecule has 1 aliphatic heterocycles. The van der Waals surface area contributed by atoms with E-state index in [1.807, 2.05) is 60.8 Å². The highest BCUT2D eigenvalue weighted by Crippen LogP contribution is 2.26. The number of rotatable bonds is 51. The van der Waals surface area contributed by atoms with Gasteiger partial charge < -0.3 is 45.1 Å². The highest BCUT2D eigenvalue weighted by Gasteiger charge is 2.47. The molecule has 1 saturated heterocycles. The van der Waals surface area contributed by atoms with Crippen LogP contribution in [0.5, 0.6) is 0 Å². The van der Waals surface area contributed by atoms with E-state index >= 15 is 0 Å². The fourth-order valence-electron chi connectivity index (χ4n) is 9.02. The molecule has 450 valence electrons. The number of carbonyl (C=O) groups excluding carboxylic acids is 2. The van der Waals surface area contributed by atoms with Crippen molar-refractivity contribution in [3.05, 3.63) is 122 Å². The maximum Gasteiger partial charge on any atom is 0.306 e. The van der Waals surface area contributed by atoms with Gasteiger partial charge >= 0.3 is 5.97 Å². The Hall–Kier alpha value is -3.94. The minimum atomic E-state index is -1.64. The molecule has 79 heavy (non-hydrogen) atoms. The SMILES string of the molecule is CC/C=C/C=C/C=C\C=C/C=C/CCC(O)C(=O)NC(COC1OC(CO)C(O)C(O)C1OC(=O)CCCCCCCCCCC/C=C\C/C=C\C/C=C\C/C=C\CCCCC)C(O)/C=C/CCCCCCCCCCCCC. The third kappa shape index (κ3) is 42.6. The molecule has 1 amide bonds. The van der Waals surface area contributed by atoms with Crippen LogP contribution in [0.25, 0.3) is 0 Å². The van der Waals surface area contributed by atoms with E-state index in [1.54, 1.807) is 6.08 Å². The Labute approximate surface area is 480 Å². The molecule has 1 fully saturated rings. The van der Waals surface area contributed by atoms with Gasteiger partial charge in [0, 0.05) is 6.42 Å². The van der Waals surface area contributed by atoms with E-state index in [4.69, 9.17) is 14.2 Å². The van der Waals surface area contributed by atoms with Gasteiger partial charge in [0.15, 0.2) is 12.4 Å². The average Bonchev–Trinajstić information content (AvgIpc) is 3.51. The number of unbranched alkanes of at least 4 members (excludes halogenated alkanes) is 23. The molecule has 11 nitrogen and oxygen atoms in total. The van der Waals surface area contributed by atoms with E-state index in [0.717, 1.165) is 83.5 Å². The fourth-order valence-corrected chi connectivity index (χ4v) is 9.02. The average molecular weight is 1100 g/mol. The van der Waals surface area contributed by atoms with Gasteiger partial charge in [0.2, 0.25) is 5.91 Å². The molecule has 0 aromatic rings. The molecule has 0 aromatic carbocycles. The van der Waals surface area contributed by atoms with Crippen LogP contribution in [0.4, 0.5) is 0 Å². The van der Waals surface area contributed by atoms with Gasteiger partial charge in [-0.05, 0) is 83.5 Å². The van der Waals surface area contributed by atoms with Gasteiger partial charge in [0.1, 0.15) is 24.4 Å². The van der Waals surface area contributed by atoms with Crippen LogP contribution in [0, 0.1) is 0 Å². The summed E-state index contributed by atoms with van der Waals surface area (Å²) in [5, 5.41) is 56.8. The number of carbonyl (C=O) groups is 2. The zero-order chi connectivity index (χ0) is 57.5. The maximum absolute atomic E-state index is 13.3. The molecule has 11 heteroatoms. The fraction of sp³-hybridized carbons (Fsp3) is 0.676. The van der Waals surface area contributed by atoms with Crippen molar-refractivity contribution in [3.8, 4) is 0 Å². The summed E-state index contributed by atoms with van der Waals surface area (Å²) in [5.74, 6) is -1.29. The first-order valence-corrected chi connectivity index (χ1v) is 31.4. The highest BCUT2D eigenvalue weighted by molar-refractivity contribution is 5.80. The molecule has 0 spiro atoms. The molecule has 0 radical (unpaired) electrons. The van der Waals surface area contributed by atoms with E-state index < -0.39 is 67.4 Å². The van der Waals surface area contributed by atoms with Gasteiger partial charge in [-0.3, -0.25) is 9.59 Å². The van der Waals surface area contributed by atoms with Gasteiger partial charge in [-0.25, -0.2) is 0 Å². The van der Waals surface area contributed by atoms with Crippen LogP contribution < -0.4 is 5.32 Å². The molecule has 0 aliphatic carbocycles. The smallest absolute Gasteiger partial charge is 0.306 e. The topological polar surface area (TPSA) is 175 Å². The normalized spacial score (nSPS) is 19.7. The van der Waals surface area contributed by atoms with Gasteiger partial charge in [-0.1, -0.05) is 264 Å². The Kier molecular flexibility index (Phi) is 50.5. The minimum absolute atomic E-state index is 0.101. The molecule has 0 aromatic heterocycles. The second-order valence-electron chi connectivity index (χ2n) is 21.2. The predicted octanol–water partition coefficient (Wildman–Crippen LogP) is 15.1. The summed E-state index contributed by atoms with van der Waals surface area (Å²) in [7, 11) is 0. The quantitative estimate of drug-likeness (QED) is 0.0149. The molecular formula is C68H113NO10. The third-order valence-corrected chi connectivity index (χ3v) is 14.0. The van der Waals surface area contributed by atoms with Crippen LogP contribution >= 0.6 is 0 Å². The van der Waals surface area contributed by atoms with Gasteiger partial charge in [0.25, 0.3) is 0 Å². The number of hydrogen-bond donors (Lipinski definition) is 6. The number of ether oxygens (including phenoxy) is 3. The predicted molar refractivity (Wildman–Crippen MR) is 328 cm³/mol. The number of hydrogen-bond acceptors (Lipinski definition) is 10. The van der Waals surface area contributed by atoms with Crippen molar-refractivity contribution in [2.45, 2.75) is 282 Å². The summed E-state index contributed by atoms with van der Waals surface area (Å²) < 4.78 is 17.6. The summed E-state index contributed by atoms with van der Waals surface area (Å²) in [6.45, 7) is 5.55. The summed E-state index contributed by atoms with van der Waals surface area (Å²) >= 11 is 0. The third-order valence-electron chi connectivity index (χ3n) is 14.0. The van der Waals surface area contributed by atoms with Crippen LogP contribution in [0.1, 0.15) is 233 Å². The zero-order valence-corrected chi connectivity index (χ0v) is 49.7. The van der Waals surface area contributed by atoms with Crippen molar-refractivity contribution >= 4 is 11.9 Å². The van der Waals surface area contributed by atoms with Crippen molar-refractivity contribution in [1.29, 1.82) is 0 Å². The number of nitrogens with one attached hydrogen (secondary N) is 1. The van der Waals surface area contributed by atoms with Crippen LogP contribution in [0.2, 0.25) is 0 Å². The monoisotopic (exact) mass is 1100 g/mol. The molecule has 0 saturated carbocycles. The van der Waals surface area contributed by atoms with Gasteiger partial charge in [0.05, 0.1) is 25.4 Å². The molecule has 0 bridgehead atoms. The summed E-state index contributed by atoms with van der Waals surface area (Å²) in [4.78, 5) is 26.5. The minimum Gasteiger partial charge on any atom is -0.454 e. The Morgan fingerprint density at radius 1 is 0.519 bits per heavy atom. The number of aliphatic hydroxyl groups excluding tert-OH is 5. The lowest BCUT2D eigenvalue weighted by molar-refractivity contribution is -0.305. The Balaban J connectivity index is 2.66. The second-order valence-corrected chi connectivity index (χ2v) is 21.2. The van der Waals surface area contributed by atoms with Crippen molar-refractivity contribution < 1.29 is 49.3 Å². The summed E-state index contributed by atoms with van der Waals surface area (Å²) in [6.07, 6.45) is 65.4. The van der Waals surface area contributed by atoms with E-state index in [0.29, 0.717) is 12.8 Å². The first kappa shape index (κ1) is 73.1. The molecule has 1 aliphatic rings. The zero-order valence-electron chi connectivity index (χ0n) is 49.7.